The van der Waals surface area contributed by atoms with E-state index in [-0.39, 0.29) is 12.8 Å². The van der Waals surface area contributed by atoms with Crippen LogP contribution in [0.4, 0.5) is 0 Å². The predicted molar refractivity (Wildman–Crippen MR) is 241 cm³/mol. The van der Waals surface area contributed by atoms with Crippen molar-refractivity contribution in [3.05, 3.63) is 24.3 Å². The summed E-state index contributed by atoms with van der Waals surface area (Å²) in [5.41, 5.74) is 0. The molecule has 1 saturated heterocycles. The van der Waals surface area contributed by atoms with E-state index in [4.69, 9.17) is 23.3 Å². The van der Waals surface area contributed by atoms with Crippen LogP contribution in [-0.4, -0.2) is 115 Å². The van der Waals surface area contributed by atoms with Gasteiger partial charge >= 0.3 is 27.6 Å². The summed E-state index contributed by atoms with van der Waals surface area (Å²) >= 11 is 0. The number of aliphatic hydroxyl groups excluding tert-OH is 4. The standard InChI is InChI=1S/C45H82O17P2/c1-3-5-7-8-9-10-11-12-13-14-15-16-20-23-27-31-38(46)57-33-35(34-58-64(55,56)62-45-42(50)40(48)41(49)44(43(45)51)61-63(52,53)54)59-39(47)32-28-24-21-18-17-19-22-26-30-37-36(60-37)29-25-6-4-2/h12-13,22,26,35-37,40-45,48-51H,3-11,14-21,23-25,27-34H2,1-2H3,(H,55,56)(H2,52,53,54)/b13-12-,26-22-/t35-,36?,37?,40?,41?,42?,43?,44-,45+/m1/s1. The Labute approximate surface area is 381 Å². The van der Waals surface area contributed by atoms with Crippen LogP contribution >= 0.6 is 15.6 Å². The first-order valence-corrected chi connectivity index (χ1v) is 27.0. The van der Waals surface area contributed by atoms with Crippen LogP contribution in [-0.2, 0) is 46.5 Å². The lowest BCUT2D eigenvalue weighted by atomic mass is 9.85. The summed E-state index contributed by atoms with van der Waals surface area (Å²) < 4.78 is 55.1. The summed E-state index contributed by atoms with van der Waals surface area (Å²) in [6.07, 6.45) is 20.2. The first-order valence-electron chi connectivity index (χ1n) is 24.0. The minimum Gasteiger partial charge on any atom is -0.462 e. The largest absolute Gasteiger partial charge is 0.472 e. The average Bonchev–Trinajstić information content (AvgIpc) is 4.00. The van der Waals surface area contributed by atoms with E-state index in [9.17, 15) is 53.8 Å². The number of esters is 2. The van der Waals surface area contributed by atoms with Gasteiger partial charge in [-0.05, 0) is 64.2 Å². The summed E-state index contributed by atoms with van der Waals surface area (Å²) in [5, 5.41) is 41.2. The molecule has 1 aliphatic heterocycles. The molecule has 2 rings (SSSR count). The zero-order valence-corrected chi connectivity index (χ0v) is 40.2. The monoisotopic (exact) mass is 957 g/mol. The maximum atomic E-state index is 13.0. The van der Waals surface area contributed by atoms with Gasteiger partial charge in [0.1, 0.15) is 43.2 Å². The van der Waals surface area contributed by atoms with Crippen molar-refractivity contribution < 1.29 is 81.6 Å². The first-order chi connectivity index (χ1) is 30.6. The number of allylic oxidation sites excluding steroid dienone is 3. The number of phosphoric acid groups is 2. The number of ether oxygens (including phenoxy) is 3. The smallest absolute Gasteiger partial charge is 0.462 e. The third-order valence-corrected chi connectivity index (χ3v) is 12.9. The molecule has 0 aromatic carbocycles. The van der Waals surface area contributed by atoms with Crippen LogP contribution in [0.3, 0.4) is 0 Å². The molecule has 64 heavy (non-hydrogen) atoms. The minimum absolute atomic E-state index is 0.0228. The van der Waals surface area contributed by atoms with Gasteiger partial charge in [0.05, 0.1) is 18.8 Å². The van der Waals surface area contributed by atoms with Gasteiger partial charge in [-0.15, -0.1) is 0 Å². The van der Waals surface area contributed by atoms with Gasteiger partial charge in [-0.1, -0.05) is 128 Å². The number of phosphoric ester groups is 2. The van der Waals surface area contributed by atoms with Gasteiger partial charge in [-0.25, -0.2) is 9.13 Å². The predicted octanol–water partition coefficient (Wildman–Crippen LogP) is 7.94. The molecule has 0 aromatic heterocycles. The third kappa shape index (κ3) is 27.3. The average molecular weight is 957 g/mol. The van der Waals surface area contributed by atoms with Crippen LogP contribution in [0.1, 0.15) is 181 Å². The van der Waals surface area contributed by atoms with Crippen LogP contribution < -0.4 is 0 Å². The molecule has 2 fully saturated rings. The Bertz CT molecular complexity index is 1410. The second-order valence-corrected chi connectivity index (χ2v) is 19.8. The number of epoxide rings is 1. The minimum atomic E-state index is -5.37. The topological polar surface area (TPSA) is 269 Å². The molecular formula is C45H82O17P2. The van der Waals surface area contributed by atoms with Gasteiger partial charge in [0.2, 0.25) is 0 Å². The number of carbonyl (C=O) groups is 2. The summed E-state index contributed by atoms with van der Waals surface area (Å²) in [6.45, 7) is 3.05. The molecule has 0 spiro atoms. The van der Waals surface area contributed by atoms with Crippen LogP contribution in [0.25, 0.3) is 0 Å². The lowest BCUT2D eigenvalue weighted by Gasteiger charge is -2.43. The molecule has 17 nitrogen and oxygen atoms in total. The highest BCUT2D eigenvalue weighted by Gasteiger charge is 2.54. The molecule has 0 bridgehead atoms. The Hall–Kier alpha value is -1.56. The van der Waals surface area contributed by atoms with Crippen molar-refractivity contribution >= 4 is 27.6 Å². The lowest BCUT2D eigenvalue weighted by Crippen LogP contribution is -2.64. The van der Waals surface area contributed by atoms with Crippen LogP contribution in [0.2, 0.25) is 0 Å². The fraction of sp³-hybridized carbons (Fsp3) is 0.867. The molecule has 10 atom stereocenters. The Morgan fingerprint density at radius 3 is 1.61 bits per heavy atom. The van der Waals surface area contributed by atoms with Gasteiger partial charge < -0.3 is 49.3 Å². The van der Waals surface area contributed by atoms with Crippen molar-refractivity contribution in [1.82, 2.24) is 0 Å². The molecule has 1 aliphatic carbocycles. The molecule has 1 saturated carbocycles. The number of rotatable bonds is 39. The van der Waals surface area contributed by atoms with E-state index < -0.39 is 83.5 Å². The highest BCUT2D eigenvalue weighted by molar-refractivity contribution is 7.47. The molecule has 7 unspecified atom stereocenters. The van der Waals surface area contributed by atoms with Gasteiger partial charge in [-0.2, -0.15) is 0 Å². The second-order valence-electron chi connectivity index (χ2n) is 17.2. The van der Waals surface area contributed by atoms with E-state index >= 15 is 0 Å². The van der Waals surface area contributed by atoms with Crippen LogP contribution in [0.15, 0.2) is 24.3 Å². The van der Waals surface area contributed by atoms with E-state index in [0.717, 1.165) is 83.5 Å². The van der Waals surface area contributed by atoms with Crippen molar-refractivity contribution in [2.24, 2.45) is 0 Å². The number of hydrogen-bond donors (Lipinski definition) is 7. The Balaban J connectivity index is 1.79. The van der Waals surface area contributed by atoms with E-state index in [0.29, 0.717) is 25.0 Å². The number of carbonyl (C=O) groups excluding carboxylic acids is 2. The second kappa shape index (κ2) is 33.8. The van der Waals surface area contributed by atoms with Crippen LogP contribution in [0, 0.1) is 0 Å². The van der Waals surface area contributed by atoms with E-state index in [1.54, 1.807) is 0 Å². The summed E-state index contributed by atoms with van der Waals surface area (Å²) in [5.74, 6) is -1.23. The van der Waals surface area contributed by atoms with Gasteiger partial charge in [0, 0.05) is 12.8 Å². The fourth-order valence-electron chi connectivity index (χ4n) is 7.56. The van der Waals surface area contributed by atoms with Crippen molar-refractivity contribution in [2.45, 2.75) is 236 Å². The van der Waals surface area contributed by atoms with E-state index in [1.807, 2.05) is 0 Å². The SMILES string of the molecule is CCCCCCCC/C=C\CCCCCCCC(=O)OC[C@H](COP(=O)(O)O[C@H]1C(O)C(O)C(O)[C@@H](OP(=O)(O)O)C1O)OC(=O)CCCCCCC/C=C\CC1OC1CCCCC. The van der Waals surface area contributed by atoms with E-state index in [2.05, 4.69) is 42.7 Å². The summed E-state index contributed by atoms with van der Waals surface area (Å²) in [4.78, 5) is 54.3. The zero-order chi connectivity index (χ0) is 47.2. The molecule has 1 heterocycles. The van der Waals surface area contributed by atoms with Crippen molar-refractivity contribution in [3.63, 3.8) is 0 Å². The summed E-state index contributed by atoms with van der Waals surface area (Å²) in [7, 11) is -10.7. The Morgan fingerprint density at radius 2 is 1.05 bits per heavy atom. The Kier molecular flexibility index (Phi) is 31.0. The van der Waals surface area contributed by atoms with Crippen LogP contribution in [0.5, 0.6) is 0 Å². The highest BCUT2D eigenvalue weighted by atomic mass is 31.2. The number of hydrogen-bond acceptors (Lipinski definition) is 14. The van der Waals surface area contributed by atoms with Gasteiger partial charge in [0.15, 0.2) is 6.10 Å². The molecule has 0 aromatic rings. The van der Waals surface area contributed by atoms with Crippen molar-refractivity contribution in [2.75, 3.05) is 13.2 Å². The zero-order valence-electron chi connectivity index (χ0n) is 38.4. The fourth-order valence-corrected chi connectivity index (χ4v) is 9.10. The molecule has 374 valence electrons. The molecule has 0 amide bonds. The van der Waals surface area contributed by atoms with Gasteiger partial charge in [0.25, 0.3) is 0 Å². The quantitative estimate of drug-likeness (QED) is 0.0101. The molecule has 2 aliphatic rings. The van der Waals surface area contributed by atoms with Crippen molar-refractivity contribution in [3.8, 4) is 0 Å². The number of unbranched alkanes of at least 4 members (excludes halogenated alkanes) is 18. The van der Waals surface area contributed by atoms with Gasteiger partial charge in [-0.3, -0.25) is 23.2 Å². The summed E-state index contributed by atoms with van der Waals surface area (Å²) in [6, 6.07) is 0. The first kappa shape index (κ1) is 58.6. The maximum Gasteiger partial charge on any atom is 0.472 e. The van der Waals surface area contributed by atoms with Crippen molar-refractivity contribution in [1.29, 1.82) is 0 Å². The number of aliphatic hydroxyl groups is 4. The maximum absolute atomic E-state index is 13.0. The Morgan fingerprint density at radius 1 is 0.562 bits per heavy atom. The molecule has 19 heteroatoms. The molecular weight excluding hydrogens is 874 g/mol. The normalized spacial score (nSPS) is 25.1. The van der Waals surface area contributed by atoms with E-state index in [1.165, 1.54) is 57.8 Å². The molecule has 7 N–H and O–H groups in total. The highest BCUT2D eigenvalue weighted by Crippen LogP contribution is 2.49. The molecule has 0 radical (unpaired) electrons. The lowest BCUT2D eigenvalue weighted by molar-refractivity contribution is -0.216. The third-order valence-electron chi connectivity index (χ3n) is 11.4.